The average Bonchev–Trinajstić information content (AvgIpc) is 3.32. The van der Waals surface area contributed by atoms with E-state index in [1.54, 1.807) is 6.07 Å². The van der Waals surface area contributed by atoms with Crippen molar-refractivity contribution >= 4 is 17.5 Å². The molecule has 1 atom stereocenters. The monoisotopic (exact) mass is 474 g/mol. The van der Waals surface area contributed by atoms with Crippen LogP contribution in [0.5, 0.6) is 5.75 Å². The Kier molecular flexibility index (Phi) is 7.02. The van der Waals surface area contributed by atoms with E-state index in [1.165, 1.54) is 19.3 Å². The van der Waals surface area contributed by atoms with Crippen LogP contribution in [-0.4, -0.2) is 45.2 Å². The molecule has 1 N–H and O–H groups in total. The van der Waals surface area contributed by atoms with Crippen molar-refractivity contribution in [2.75, 3.05) is 13.1 Å². The highest BCUT2D eigenvalue weighted by atomic mass is 16.5. The minimum absolute atomic E-state index is 0.0818. The number of aromatic nitrogens is 2. The number of carbonyl (C=O) groups is 2. The van der Waals surface area contributed by atoms with Gasteiger partial charge in [-0.1, -0.05) is 37.5 Å². The summed E-state index contributed by atoms with van der Waals surface area (Å²) in [4.78, 5) is 32.9. The Hall–Kier alpha value is -3.35. The van der Waals surface area contributed by atoms with Gasteiger partial charge in [0.25, 0.3) is 5.91 Å². The van der Waals surface area contributed by atoms with Crippen LogP contribution in [0.2, 0.25) is 0 Å². The van der Waals surface area contributed by atoms with E-state index in [-0.39, 0.29) is 24.3 Å². The number of hydrogen-bond acceptors (Lipinski definition) is 4. The Morgan fingerprint density at radius 2 is 1.89 bits per heavy atom. The minimum Gasteiger partial charge on any atom is -0.486 e. The minimum atomic E-state index is -0.149. The summed E-state index contributed by atoms with van der Waals surface area (Å²) in [5.74, 6) is 0.409. The summed E-state index contributed by atoms with van der Waals surface area (Å²) in [6.07, 6.45) is 11.3. The summed E-state index contributed by atoms with van der Waals surface area (Å²) < 4.78 is 8.06. The molecule has 3 heterocycles. The molecule has 2 aromatic heterocycles. The summed E-state index contributed by atoms with van der Waals surface area (Å²) >= 11 is 0. The second kappa shape index (κ2) is 10.5. The van der Waals surface area contributed by atoms with Gasteiger partial charge in [0.05, 0.1) is 17.2 Å². The summed E-state index contributed by atoms with van der Waals surface area (Å²) in [6.45, 7) is 3.42. The summed E-state index contributed by atoms with van der Waals surface area (Å²) in [6, 6.07) is 11.7. The fraction of sp³-hybridized carbons (Fsp3) is 0.464. The summed E-state index contributed by atoms with van der Waals surface area (Å²) in [5, 5.41) is 3.24. The van der Waals surface area contributed by atoms with Crippen LogP contribution < -0.4 is 10.1 Å². The van der Waals surface area contributed by atoms with Crippen LogP contribution in [0.1, 0.15) is 66.6 Å². The highest BCUT2D eigenvalue weighted by molar-refractivity contribution is 5.97. The van der Waals surface area contributed by atoms with Gasteiger partial charge in [-0.2, -0.15) is 0 Å². The first kappa shape index (κ1) is 23.4. The van der Waals surface area contributed by atoms with Crippen molar-refractivity contribution < 1.29 is 14.3 Å². The molecule has 1 aliphatic carbocycles. The molecule has 2 fully saturated rings. The van der Waals surface area contributed by atoms with Crippen molar-refractivity contribution in [2.45, 2.75) is 64.5 Å². The zero-order chi connectivity index (χ0) is 24.2. The molecule has 184 valence electrons. The lowest BCUT2D eigenvalue weighted by molar-refractivity contribution is -0.127. The molecule has 2 amide bonds. The van der Waals surface area contributed by atoms with Gasteiger partial charge < -0.3 is 19.4 Å². The van der Waals surface area contributed by atoms with E-state index >= 15 is 0 Å². The summed E-state index contributed by atoms with van der Waals surface area (Å²) in [5.41, 5.74) is 3.34. The van der Waals surface area contributed by atoms with Gasteiger partial charge in [0.1, 0.15) is 18.0 Å². The number of nitrogens with zero attached hydrogens (tertiary/aromatic N) is 3. The van der Waals surface area contributed by atoms with Gasteiger partial charge in [0, 0.05) is 31.5 Å². The molecule has 1 saturated carbocycles. The highest BCUT2D eigenvalue weighted by Gasteiger charge is 2.31. The summed E-state index contributed by atoms with van der Waals surface area (Å²) in [7, 11) is 0. The van der Waals surface area contributed by atoms with Gasteiger partial charge in [0.2, 0.25) is 5.91 Å². The first-order valence-electron chi connectivity index (χ1n) is 12.8. The Bertz CT molecular complexity index is 1200. The lowest BCUT2D eigenvalue weighted by Crippen LogP contribution is -2.48. The number of ether oxygens (including phenoxy) is 1. The molecular weight excluding hydrogens is 440 g/mol. The number of amides is 2. The van der Waals surface area contributed by atoms with E-state index in [0.717, 1.165) is 42.6 Å². The van der Waals surface area contributed by atoms with Crippen molar-refractivity contribution in [1.29, 1.82) is 0 Å². The number of carbonyl (C=O) groups excluding carboxylic acids is 2. The maximum Gasteiger partial charge on any atom is 0.257 e. The molecule has 7 nitrogen and oxygen atoms in total. The van der Waals surface area contributed by atoms with Gasteiger partial charge in [-0.15, -0.1) is 0 Å². The number of fused-ring (bicyclic) bond motifs is 1. The predicted molar refractivity (Wildman–Crippen MR) is 134 cm³/mol. The fourth-order valence-electron chi connectivity index (χ4n) is 5.31. The van der Waals surface area contributed by atoms with Crippen LogP contribution in [0.15, 0.2) is 48.8 Å². The molecule has 7 heteroatoms. The van der Waals surface area contributed by atoms with Gasteiger partial charge in [-0.05, 0) is 56.4 Å². The Morgan fingerprint density at radius 1 is 1.06 bits per heavy atom. The fourth-order valence-corrected chi connectivity index (χ4v) is 5.31. The number of nitrogens with one attached hydrogen (secondary N) is 1. The molecule has 1 aliphatic heterocycles. The molecular formula is C28H34N4O3. The quantitative estimate of drug-likeness (QED) is 0.570. The van der Waals surface area contributed by atoms with Gasteiger partial charge in [-0.25, -0.2) is 4.98 Å². The standard InChI is InChI=1S/C28H34N4O3/c1-20-9-7-15-31-18-23(29-26(20)31)19-35-25-14-6-5-13-24(25)28(34)32-16-8-10-21(17-32)27(33)30-22-11-3-2-4-12-22/h5-7,9,13-15,18,21-22H,2-4,8,10-12,16-17,19H2,1H3,(H,30,33). The number of imidazole rings is 1. The van der Waals surface area contributed by atoms with Crippen LogP contribution in [0.4, 0.5) is 0 Å². The number of para-hydroxylation sites is 1. The lowest BCUT2D eigenvalue weighted by atomic mass is 9.92. The van der Waals surface area contributed by atoms with Crippen LogP contribution in [0, 0.1) is 12.8 Å². The molecule has 0 bridgehead atoms. The first-order valence-corrected chi connectivity index (χ1v) is 12.8. The van der Waals surface area contributed by atoms with E-state index in [0.29, 0.717) is 30.4 Å². The van der Waals surface area contributed by atoms with E-state index in [1.807, 2.05) is 58.9 Å². The number of aryl methyl sites for hydroxylation is 1. The van der Waals surface area contributed by atoms with Crippen molar-refractivity contribution in [2.24, 2.45) is 5.92 Å². The second-order valence-electron chi connectivity index (χ2n) is 9.87. The molecule has 0 radical (unpaired) electrons. The first-order chi connectivity index (χ1) is 17.1. The lowest BCUT2D eigenvalue weighted by Gasteiger charge is -2.33. The van der Waals surface area contributed by atoms with Crippen molar-refractivity contribution in [1.82, 2.24) is 19.6 Å². The van der Waals surface area contributed by atoms with Crippen LogP contribution in [-0.2, 0) is 11.4 Å². The Balaban J connectivity index is 1.24. The van der Waals surface area contributed by atoms with Gasteiger partial charge >= 0.3 is 0 Å². The van der Waals surface area contributed by atoms with Crippen LogP contribution in [0.25, 0.3) is 5.65 Å². The SMILES string of the molecule is Cc1cccn2cc(COc3ccccc3C(=O)N3CCCC(C(=O)NC4CCCCC4)C3)nc12. The molecule has 1 unspecified atom stereocenters. The Morgan fingerprint density at radius 3 is 2.71 bits per heavy atom. The van der Waals surface area contributed by atoms with Crippen molar-refractivity contribution in [3.05, 3.63) is 65.6 Å². The number of rotatable bonds is 6. The van der Waals surface area contributed by atoms with Gasteiger partial charge in [-0.3, -0.25) is 9.59 Å². The molecule has 5 rings (SSSR count). The maximum absolute atomic E-state index is 13.5. The number of piperidine rings is 1. The molecule has 0 spiro atoms. The molecule has 35 heavy (non-hydrogen) atoms. The predicted octanol–water partition coefficient (Wildman–Crippen LogP) is 4.52. The zero-order valence-electron chi connectivity index (χ0n) is 20.4. The number of benzene rings is 1. The molecule has 1 aromatic carbocycles. The van der Waals surface area contributed by atoms with Crippen molar-refractivity contribution in [3.63, 3.8) is 0 Å². The smallest absolute Gasteiger partial charge is 0.257 e. The van der Waals surface area contributed by atoms with Gasteiger partial charge in [0.15, 0.2) is 0 Å². The Labute approximate surface area is 206 Å². The maximum atomic E-state index is 13.5. The molecule has 1 saturated heterocycles. The van der Waals surface area contributed by atoms with E-state index < -0.39 is 0 Å². The molecule has 2 aliphatic rings. The van der Waals surface area contributed by atoms with E-state index in [9.17, 15) is 9.59 Å². The van der Waals surface area contributed by atoms with E-state index in [2.05, 4.69) is 10.3 Å². The topological polar surface area (TPSA) is 75.9 Å². The second-order valence-corrected chi connectivity index (χ2v) is 9.87. The number of pyridine rings is 1. The van der Waals surface area contributed by atoms with Crippen LogP contribution >= 0.6 is 0 Å². The molecule has 3 aromatic rings. The average molecular weight is 475 g/mol. The largest absolute Gasteiger partial charge is 0.486 e. The number of likely N-dealkylation sites (tertiary alicyclic amines) is 1. The number of hydrogen-bond donors (Lipinski definition) is 1. The third-order valence-corrected chi connectivity index (χ3v) is 7.25. The highest BCUT2D eigenvalue weighted by Crippen LogP contribution is 2.26. The third-order valence-electron chi connectivity index (χ3n) is 7.25. The van der Waals surface area contributed by atoms with Crippen LogP contribution in [0.3, 0.4) is 0 Å². The zero-order valence-corrected chi connectivity index (χ0v) is 20.4. The third kappa shape index (κ3) is 5.34. The normalized spacial score (nSPS) is 19.0. The van der Waals surface area contributed by atoms with Crippen molar-refractivity contribution in [3.8, 4) is 5.75 Å². The van der Waals surface area contributed by atoms with E-state index in [4.69, 9.17) is 4.74 Å².